The Balaban J connectivity index is 0.000000203. The number of methoxy groups -OCH3 is 4. The van der Waals surface area contributed by atoms with Crippen molar-refractivity contribution in [1.82, 2.24) is 29.9 Å². The summed E-state index contributed by atoms with van der Waals surface area (Å²) >= 11 is 0. The predicted octanol–water partition coefficient (Wildman–Crippen LogP) is 6.58. The first-order chi connectivity index (χ1) is 29.6. The first-order valence-electron chi connectivity index (χ1n) is 18.9. The summed E-state index contributed by atoms with van der Waals surface area (Å²) in [5, 5.41) is 0. The summed E-state index contributed by atoms with van der Waals surface area (Å²) in [5.41, 5.74) is 7.68. The maximum Gasteiger partial charge on any atom is 0.337 e. The normalized spacial score (nSPS) is 11.6. The number of hydrogen-bond donors (Lipinski definition) is 0. The number of esters is 4. The number of pyridine rings is 6. The number of nitrogens with zero attached hydrogens (tertiary/aromatic N) is 6. The molecule has 7 heterocycles. The minimum atomic E-state index is -0.460. The van der Waals surface area contributed by atoms with Crippen LogP contribution in [0.3, 0.4) is 0 Å². The minimum absolute atomic E-state index is 0. The molecule has 0 spiro atoms. The summed E-state index contributed by atoms with van der Waals surface area (Å²) in [5.74, 6) is -1.84. The minimum Gasteiger partial charge on any atom is -0.465 e. The molecule has 1 aliphatic rings. The molecule has 17 heteroatoms. The number of carbonyl (C=O) groups excluding carboxylic acids is 4. The van der Waals surface area contributed by atoms with Gasteiger partial charge in [0.15, 0.2) is 6.29 Å². The molecule has 0 bridgehead atoms. The molecule has 0 aromatic carbocycles. The first-order valence-corrected chi connectivity index (χ1v) is 18.9. The van der Waals surface area contributed by atoms with Gasteiger partial charge in [0.05, 0.1) is 98.1 Å². The molecular weight excluding hydrogens is 886 g/mol. The topological polar surface area (TPSA) is 201 Å². The number of rotatable bonds is 11. The fourth-order valence-electron chi connectivity index (χ4n) is 5.75. The van der Waals surface area contributed by atoms with Crippen molar-refractivity contribution in [3.8, 4) is 34.2 Å². The Kier molecular flexibility index (Phi) is 19.0. The van der Waals surface area contributed by atoms with Crippen molar-refractivity contribution < 1.29 is 67.1 Å². The Bertz CT molecular complexity index is 2220. The van der Waals surface area contributed by atoms with E-state index in [4.69, 9.17) is 9.47 Å². The second kappa shape index (κ2) is 24.5. The smallest absolute Gasteiger partial charge is 0.337 e. The van der Waals surface area contributed by atoms with E-state index in [0.29, 0.717) is 45.0 Å². The van der Waals surface area contributed by atoms with Gasteiger partial charge in [0.25, 0.3) is 0 Å². The van der Waals surface area contributed by atoms with Crippen LogP contribution in [0.4, 0.5) is 0 Å². The summed E-state index contributed by atoms with van der Waals surface area (Å²) in [7, 11) is 5.22. The monoisotopic (exact) mass is 930 g/mol. The molecule has 0 atom stereocenters. The van der Waals surface area contributed by atoms with Gasteiger partial charge in [-0.3, -0.25) is 29.9 Å². The molecule has 62 heavy (non-hydrogen) atoms. The van der Waals surface area contributed by atoms with Gasteiger partial charge < -0.3 is 28.4 Å². The Hall–Kier alpha value is -6.68. The first kappa shape index (κ1) is 48.0. The summed E-state index contributed by atoms with van der Waals surface area (Å²) in [6.45, 7) is 3.52. The number of ether oxygens (including phenoxy) is 6. The van der Waals surface area contributed by atoms with Crippen molar-refractivity contribution >= 4 is 23.9 Å². The van der Waals surface area contributed by atoms with E-state index in [-0.39, 0.29) is 25.8 Å². The zero-order chi connectivity index (χ0) is 43.6. The van der Waals surface area contributed by atoms with Gasteiger partial charge >= 0.3 is 23.9 Å². The number of aromatic nitrogens is 6. The van der Waals surface area contributed by atoms with Crippen LogP contribution in [-0.2, 0) is 54.3 Å². The Labute approximate surface area is 371 Å². The molecule has 6 aromatic rings. The molecule has 6 aromatic heterocycles. The third-order valence-electron chi connectivity index (χ3n) is 8.85. The van der Waals surface area contributed by atoms with Gasteiger partial charge in [0.1, 0.15) is 0 Å². The maximum atomic E-state index is 11.5. The molecule has 0 amide bonds. The van der Waals surface area contributed by atoms with Crippen LogP contribution in [0.15, 0.2) is 110 Å². The van der Waals surface area contributed by atoms with Gasteiger partial charge in [-0.15, -0.1) is 0 Å². The third kappa shape index (κ3) is 13.9. The van der Waals surface area contributed by atoms with Gasteiger partial charge in [-0.05, 0) is 110 Å². The quantitative estimate of drug-likeness (QED) is 0.0766. The standard InChI is InChI=1S/C17H20N2O2.2C14H12N2O4.Ru/c1-13-5-7-18-15(11-13)16-12-14(6-8-19-16)3-2-4-17-20-9-10-21-17;2*1-19-13(17)9-3-5-15-11(7-9)12-8-10(4-6-16-12)14(18)20-2;/h5-8,11-12,17H,2-4,9-10H2,1H3;2*3-8H,1-2H3;. The molecular formula is C45H44N6O10Ru. The molecule has 0 unspecified atom stereocenters. The maximum absolute atomic E-state index is 11.5. The SMILES string of the molecule is COC(=O)c1ccnc(-c2cc(C(=O)OC)ccn2)c1.COC(=O)c1ccnc(-c2cc(C(=O)OC)ccn2)c1.Cc1ccnc(-c2cc(CCCC3OCCO3)ccn2)c1.[Ru]. The summed E-state index contributed by atoms with van der Waals surface area (Å²) in [6, 6.07) is 20.6. The molecule has 16 nitrogen and oxygen atoms in total. The molecule has 0 N–H and O–H groups in total. The number of hydrogen-bond acceptors (Lipinski definition) is 16. The molecule has 0 radical (unpaired) electrons. The van der Waals surface area contributed by atoms with Crippen LogP contribution < -0.4 is 0 Å². The van der Waals surface area contributed by atoms with E-state index in [1.165, 1.54) is 64.4 Å². The van der Waals surface area contributed by atoms with E-state index >= 15 is 0 Å². The number of carbonyl (C=O) groups is 4. The van der Waals surface area contributed by atoms with E-state index in [1.54, 1.807) is 48.5 Å². The zero-order valence-electron chi connectivity index (χ0n) is 34.6. The van der Waals surface area contributed by atoms with E-state index < -0.39 is 23.9 Å². The predicted molar refractivity (Wildman–Crippen MR) is 221 cm³/mol. The molecule has 7 rings (SSSR count). The Morgan fingerprint density at radius 1 is 0.500 bits per heavy atom. The average Bonchev–Trinajstić information content (AvgIpc) is 3.85. The van der Waals surface area contributed by atoms with Gasteiger partial charge in [-0.2, -0.15) is 0 Å². The summed E-state index contributed by atoms with van der Waals surface area (Å²) < 4.78 is 29.5. The Morgan fingerprint density at radius 3 is 1.18 bits per heavy atom. The fraction of sp³-hybridized carbons (Fsp3) is 0.244. The third-order valence-corrected chi connectivity index (χ3v) is 8.85. The Morgan fingerprint density at radius 2 is 0.823 bits per heavy atom. The van der Waals surface area contributed by atoms with E-state index in [2.05, 4.69) is 74.0 Å². The van der Waals surface area contributed by atoms with Gasteiger partial charge in [-0.1, -0.05) is 0 Å². The van der Waals surface area contributed by atoms with E-state index in [1.807, 2.05) is 18.5 Å². The number of aryl methyl sites for hydroxylation is 2. The van der Waals surface area contributed by atoms with Crippen LogP contribution in [0.2, 0.25) is 0 Å². The summed E-state index contributed by atoms with van der Waals surface area (Å²) in [4.78, 5) is 71.2. The molecule has 1 fully saturated rings. The fourth-order valence-corrected chi connectivity index (χ4v) is 5.75. The summed E-state index contributed by atoms with van der Waals surface area (Å²) in [6.07, 6.45) is 12.6. The van der Waals surface area contributed by atoms with Crippen LogP contribution in [0.25, 0.3) is 34.2 Å². The molecule has 1 saturated heterocycles. The molecule has 0 aliphatic carbocycles. The van der Waals surface area contributed by atoms with Gasteiger partial charge in [-0.25, -0.2) is 19.2 Å². The van der Waals surface area contributed by atoms with Crippen LogP contribution in [0, 0.1) is 6.92 Å². The van der Waals surface area contributed by atoms with Crippen molar-refractivity contribution in [3.63, 3.8) is 0 Å². The average molecular weight is 930 g/mol. The van der Waals surface area contributed by atoms with Gasteiger partial charge in [0, 0.05) is 56.7 Å². The van der Waals surface area contributed by atoms with Crippen LogP contribution in [0.1, 0.15) is 65.4 Å². The van der Waals surface area contributed by atoms with E-state index in [0.717, 1.165) is 43.9 Å². The van der Waals surface area contributed by atoms with Crippen LogP contribution >= 0.6 is 0 Å². The van der Waals surface area contributed by atoms with Crippen LogP contribution in [-0.4, -0.2) is 102 Å². The molecule has 1 aliphatic heterocycles. The van der Waals surface area contributed by atoms with Crippen molar-refractivity contribution in [2.45, 2.75) is 32.5 Å². The molecule has 0 saturated carbocycles. The second-order valence-corrected chi connectivity index (χ2v) is 13.0. The largest absolute Gasteiger partial charge is 0.465 e. The van der Waals surface area contributed by atoms with Crippen molar-refractivity contribution in [1.29, 1.82) is 0 Å². The second-order valence-electron chi connectivity index (χ2n) is 13.0. The van der Waals surface area contributed by atoms with Crippen LogP contribution in [0.5, 0.6) is 0 Å². The van der Waals surface area contributed by atoms with E-state index in [9.17, 15) is 19.2 Å². The van der Waals surface area contributed by atoms with Crippen molar-refractivity contribution in [2.24, 2.45) is 0 Å². The van der Waals surface area contributed by atoms with Crippen molar-refractivity contribution in [3.05, 3.63) is 143 Å². The zero-order valence-corrected chi connectivity index (χ0v) is 36.4. The molecule has 322 valence electrons. The van der Waals surface area contributed by atoms with Crippen molar-refractivity contribution in [2.75, 3.05) is 41.7 Å². The van der Waals surface area contributed by atoms with Gasteiger partial charge in [0.2, 0.25) is 0 Å².